The Bertz CT molecular complexity index is 1050. The summed E-state index contributed by atoms with van der Waals surface area (Å²) < 4.78 is 25.5. The predicted octanol–water partition coefficient (Wildman–Crippen LogP) is 4.92. The fourth-order valence-corrected chi connectivity index (χ4v) is 7.14. The van der Waals surface area contributed by atoms with Crippen molar-refractivity contribution in [1.82, 2.24) is 0 Å². The lowest BCUT2D eigenvalue weighted by molar-refractivity contribution is -0.334. The summed E-state index contributed by atoms with van der Waals surface area (Å²) in [6.45, 7) is 10.5. The number of hydrogen-bond acceptors (Lipinski definition) is 7. The average molecular weight is 543 g/mol. The summed E-state index contributed by atoms with van der Waals surface area (Å²) in [6, 6.07) is 0. The van der Waals surface area contributed by atoms with E-state index >= 15 is 0 Å². The molecule has 0 aromatic heterocycles. The minimum atomic E-state index is -1.60. The first-order valence-corrected chi connectivity index (χ1v) is 14.8. The van der Waals surface area contributed by atoms with Crippen LogP contribution >= 0.6 is 0 Å². The highest BCUT2D eigenvalue weighted by Gasteiger charge is 2.53. The molecule has 3 fully saturated rings. The third-order valence-electron chi connectivity index (χ3n) is 9.33. The van der Waals surface area contributed by atoms with E-state index in [1.54, 1.807) is 0 Å². The number of fused-ring (bicyclic) bond motifs is 2. The summed E-state index contributed by atoms with van der Waals surface area (Å²) in [5.74, 6) is -0.915. The second-order valence-corrected chi connectivity index (χ2v) is 12.8. The van der Waals surface area contributed by atoms with Gasteiger partial charge in [-0.15, -0.1) is 0 Å². The SMILES string of the molecule is CC[C@H]1O[C@@]2(CC[C@@H]1C)C[C@@H]1C[C@H](C/C=C(\C)C[C@@H](C)/C=C/C=C3\COC4C3C(=C[C@@](C)(O)[C@H]4O)C(=O)O1)O2. The van der Waals surface area contributed by atoms with Crippen LogP contribution in [0.5, 0.6) is 0 Å². The van der Waals surface area contributed by atoms with E-state index in [9.17, 15) is 15.0 Å². The van der Waals surface area contributed by atoms with Crippen LogP contribution < -0.4 is 0 Å². The topological polar surface area (TPSA) is 94.5 Å². The number of ether oxygens (including phenoxy) is 4. The highest BCUT2D eigenvalue weighted by atomic mass is 16.7. The van der Waals surface area contributed by atoms with Gasteiger partial charge in [-0.2, -0.15) is 0 Å². The summed E-state index contributed by atoms with van der Waals surface area (Å²) in [4.78, 5) is 13.8. The first-order valence-electron chi connectivity index (χ1n) is 14.8. The Hall–Kier alpha value is -1.77. The first-order chi connectivity index (χ1) is 18.5. The largest absolute Gasteiger partial charge is 0.459 e. The van der Waals surface area contributed by atoms with Crippen LogP contribution in [0, 0.1) is 17.8 Å². The van der Waals surface area contributed by atoms with Crippen LogP contribution in [-0.2, 0) is 23.7 Å². The lowest BCUT2D eigenvalue weighted by Gasteiger charge is -2.49. The van der Waals surface area contributed by atoms with E-state index in [2.05, 4.69) is 39.8 Å². The molecule has 0 amide bonds. The molecule has 4 heterocycles. The molecule has 4 aliphatic heterocycles. The van der Waals surface area contributed by atoms with Gasteiger partial charge in [0.15, 0.2) is 5.79 Å². The molecule has 5 rings (SSSR count). The van der Waals surface area contributed by atoms with Gasteiger partial charge in [0.25, 0.3) is 0 Å². The number of hydrogen-bond donors (Lipinski definition) is 2. The summed E-state index contributed by atoms with van der Waals surface area (Å²) in [5.41, 5.74) is 0.956. The zero-order valence-corrected chi connectivity index (χ0v) is 24.1. The second-order valence-electron chi connectivity index (χ2n) is 12.8. The van der Waals surface area contributed by atoms with Crippen molar-refractivity contribution < 1.29 is 34.0 Å². The Morgan fingerprint density at radius 3 is 2.74 bits per heavy atom. The molecule has 7 heteroatoms. The molecule has 0 aromatic rings. The fourth-order valence-electron chi connectivity index (χ4n) is 7.14. The molecule has 7 nitrogen and oxygen atoms in total. The van der Waals surface area contributed by atoms with E-state index in [0.29, 0.717) is 30.3 Å². The standard InChI is InChI=1S/C32H46O7/c1-6-26-21(4)12-13-32(39-26)16-24-15-23(38-32)11-10-20(3)14-19(2)8-7-9-22-18-36-28-27(22)25(30(34)37-24)17-31(5,35)29(28)33/h7-10,17,19,21,23-24,26-29,33,35H,6,11-16,18H2,1-5H3/b8-7+,20-10+,22-9+/t19-,21-,23-,24-,26+,27?,28?,29-,31+,32-/m0/s1. The van der Waals surface area contributed by atoms with Crippen molar-refractivity contribution >= 4 is 5.97 Å². The Balaban J connectivity index is 1.50. The molecule has 0 saturated carbocycles. The van der Waals surface area contributed by atoms with Crippen LogP contribution in [0.3, 0.4) is 0 Å². The van der Waals surface area contributed by atoms with Crippen molar-refractivity contribution in [2.45, 2.75) is 121 Å². The lowest BCUT2D eigenvalue weighted by Crippen LogP contribution is -2.55. The fraction of sp³-hybridized carbons (Fsp3) is 0.719. The van der Waals surface area contributed by atoms with Crippen LogP contribution in [0.4, 0.5) is 0 Å². The lowest BCUT2D eigenvalue weighted by atomic mass is 9.74. The Morgan fingerprint density at radius 1 is 1.18 bits per heavy atom. The number of carbonyl (C=O) groups excluding carboxylic acids is 1. The van der Waals surface area contributed by atoms with Gasteiger partial charge in [-0.1, -0.05) is 50.6 Å². The maximum absolute atomic E-state index is 13.8. The molecule has 2 N–H and O–H groups in total. The van der Waals surface area contributed by atoms with E-state index in [-0.39, 0.29) is 24.9 Å². The predicted molar refractivity (Wildman–Crippen MR) is 148 cm³/mol. The molecule has 0 radical (unpaired) electrons. The summed E-state index contributed by atoms with van der Waals surface area (Å²) in [7, 11) is 0. The number of esters is 1. The van der Waals surface area contributed by atoms with Gasteiger partial charge in [-0.25, -0.2) is 4.79 Å². The molecule has 5 aliphatic rings. The van der Waals surface area contributed by atoms with Gasteiger partial charge in [0.2, 0.25) is 0 Å². The van der Waals surface area contributed by atoms with Gasteiger partial charge in [0.05, 0.1) is 24.9 Å². The van der Waals surface area contributed by atoms with Gasteiger partial charge >= 0.3 is 5.97 Å². The van der Waals surface area contributed by atoms with Crippen molar-refractivity contribution in [3.63, 3.8) is 0 Å². The molecule has 1 aliphatic carbocycles. The molecule has 1 spiro atoms. The van der Waals surface area contributed by atoms with Crippen LogP contribution in [0.2, 0.25) is 0 Å². The Labute approximate surface area is 232 Å². The minimum Gasteiger partial charge on any atom is -0.459 e. The van der Waals surface area contributed by atoms with Gasteiger partial charge in [0, 0.05) is 30.8 Å². The van der Waals surface area contributed by atoms with Crippen LogP contribution in [0.15, 0.2) is 47.1 Å². The zero-order valence-electron chi connectivity index (χ0n) is 24.1. The van der Waals surface area contributed by atoms with Crippen molar-refractivity contribution in [3.05, 3.63) is 47.1 Å². The molecule has 39 heavy (non-hydrogen) atoms. The number of aliphatic hydroxyl groups excluding tert-OH is 1. The van der Waals surface area contributed by atoms with Crippen LogP contribution in [-0.4, -0.2) is 64.7 Å². The van der Waals surface area contributed by atoms with Crippen molar-refractivity contribution in [2.75, 3.05) is 6.61 Å². The summed E-state index contributed by atoms with van der Waals surface area (Å²) in [5, 5.41) is 21.9. The summed E-state index contributed by atoms with van der Waals surface area (Å²) >= 11 is 0. The monoisotopic (exact) mass is 542 g/mol. The molecule has 216 valence electrons. The molecule has 10 atom stereocenters. The average Bonchev–Trinajstić information content (AvgIpc) is 3.30. The molecule has 3 saturated heterocycles. The highest BCUT2D eigenvalue weighted by molar-refractivity contribution is 5.91. The number of aliphatic hydroxyl groups is 2. The zero-order chi connectivity index (χ0) is 27.9. The van der Waals surface area contributed by atoms with Crippen molar-refractivity contribution in [3.8, 4) is 0 Å². The normalized spacial score (nSPS) is 48.7. The van der Waals surface area contributed by atoms with E-state index in [0.717, 1.165) is 37.7 Å². The second kappa shape index (κ2) is 11.2. The maximum atomic E-state index is 13.8. The number of rotatable bonds is 1. The van der Waals surface area contributed by atoms with Crippen molar-refractivity contribution in [2.24, 2.45) is 17.8 Å². The molecule has 0 aromatic carbocycles. The maximum Gasteiger partial charge on any atom is 0.334 e. The molecule has 2 bridgehead atoms. The van der Waals surface area contributed by atoms with E-state index in [1.807, 2.05) is 12.2 Å². The molecular weight excluding hydrogens is 496 g/mol. The van der Waals surface area contributed by atoms with E-state index in [4.69, 9.17) is 18.9 Å². The first kappa shape index (κ1) is 28.7. The van der Waals surface area contributed by atoms with Gasteiger partial charge < -0.3 is 29.2 Å². The summed E-state index contributed by atoms with van der Waals surface area (Å²) in [6.07, 6.45) is 13.1. The van der Waals surface area contributed by atoms with Gasteiger partial charge in [0.1, 0.15) is 17.8 Å². The Kier molecular flexibility index (Phi) is 8.29. The highest BCUT2D eigenvalue weighted by Crippen LogP contribution is 2.46. The van der Waals surface area contributed by atoms with Crippen LogP contribution in [0.25, 0.3) is 0 Å². The number of carbonyl (C=O) groups is 1. The minimum absolute atomic E-state index is 0.110. The van der Waals surface area contributed by atoms with Gasteiger partial charge in [-0.3, -0.25) is 0 Å². The van der Waals surface area contributed by atoms with E-state index < -0.39 is 35.5 Å². The smallest absolute Gasteiger partial charge is 0.334 e. The Morgan fingerprint density at radius 2 is 1.97 bits per heavy atom. The third kappa shape index (κ3) is 5.98. The van der Waals surface area contributed by atoms with E-state index in [1.165, 1.54) is 18.6 Å². The van der Waals surface area contributed by atoms with Gasteiger partial charge in [-0.05, 0) is 63.0 Å². The quantitative estimate of drug-likeness (QED) is 0.359. The molecular formula is C32H46O7. The third-order valence-corrected chi connectivity index (χ3v) is 9.33. The van der Waals surface area contributed by atoms with Crippen molar-refractivity contribution in [1.29, 1.82) is 0 Å². The van der Waals surface area contributed by atoms with Crippen LogP contribution in [0.1, 0.15) is 79.6 Å². The molecule has 2 unspecified atom stereocenters. The number of allylic oxidation sites excluding steroid dienone is 4.